The molecular weight excluding hydrogens is 352 g/mol. The summed E-state index contributed by atoms with van der Waals surface area (Å²) in [4.78, 5) is 18.7. The Hall–Kier alpha value is -3.34. The van der Waals surface area contributed by atoms with Gasteiger partial charge in [-0.25, -0.2) is 0 Å². The monoisotopic (exact) mass is 376 g/mol. The van der Waals surface area contributed by atoms with Gasteiger partial charge in [-0.15, -0.1) is 0 Å². The Morgan fingerprint density at radius 1 is 1.07 bits per heavy atom. The summed E-state index contributed by atoms with van der Waals surface area (Å²) >= 11 is 0. The molecule has 0 amide bonds. The lowest BCUT2D eigenvalue weighted by Gasteiger charge is -2.18. The number of aromatic nitrogens is 1. The molecule has 0 bridgehead atoms. The van der Waals surface area contributed by atoms with E-state index in [2.05, 4.69) is 5.16 Å². The molecule has 5 heteroatoms. The number of aromatic hydroxyl groups is 1. The Balaban J connectivity index is 2.01. The second-order valence-electron chi connectivity index (χ2n) is 6.90. The second-order valence-corrected chi connectivity index (χ2v) is 6.90. The highest BCUT2D eigenvalue weighted by atomic mass is 16.6. The summed E-state index contributed by atoms with van der Waals surface area (Å²) in [5, 5.41) is 14.6. The second kappa shape index (κ2) is 8.57. The largest absolute Gasteiger partial charge is 0.507 e. The predicted octanol–water partition coefficient (Wildman–Crippen LogP) is 4.61. The van der Waals surface area contributed by atoms with Crippen LogP contribution in [-0.4, -0.2) is 15.4 Å². The van der Waals surface area contributed by atoms with Crippen LogP contribution in [0.5, 0.6) is 5.75 Å². The highest BCUT2D eigenvalue weighted by Gasteiger charge is 2.19. The van der Waals surface area contributed by atoms with Gasteiger partial charge in [0.15, 0.2) is 0 Å². The van der Waals surface area contributed by atoms with Crippen molar-refractivity contribution < 1.29 is 9.94 Å². The van der Waals surface area contributed by atoms with Crippen LogP contribution < -0.4 is 5.56 Å². The van der Waals surface area contributed by atoms with E-state index in [0.29, 0.717) is 5.71 Å². The zero-order valence-electron chi connectivity index (χ0n) is 16.3. The average Bonchev–Trinajstić information content (AvgIpc) is 2.69. The molecule has 1 heterocycles. The SMILES string of the molecule is C/C(=N\OCc1ccccc1)c1c(O)cc(C(C)C)n(-c2ccccc2)c1=O. The fourth-order valence-electron chi connectivity index (χ4n) is 3.05. The van der Waals surface area contributed by atoms with Crippen molar-refractivity contribution in [2.45, 2.75) is 33.3 Å². The summed E-state index contributed by atoms with van der Waals surface area (Å²) in [6, 6.07) is 20.7. The van der Waals surface area contributed by atoms with E-state index in [4.69, 9.17) is 4.84 Å². The summed E-state index contributed by atoms with van der Waals surface area (Å²) in [7, 11) is 0. The third kappa shape index (κ3) is 4.14. The van der Waals surface area contributed by atoms with Crippen molar-refractivity contribution in [3.63, 3.8) is 0 Å². The van der Waals surface area contributed by atoms with E-state index in [1.54, 1.807) is 17.6 Å². The van der Waals surface area contributed by atoms with Gasteiger partial charge in [0, 0.05) is 17.4 Å². The molecular formula is C23H24N2O3. The zero-order chi connectivity index (χ0) is 20.1. The Morgan fingerprint density at radius 2 is 1.68 bits per heavy atom. The number of para-hydroxylation sites is 1. The van der Waals surface area contributed by atoms with Crippen molar-refractivity contribution in [2.24, 2.45) is 5.16 Å². The zero-order valence-corrected chi connectivity index (χ0v) is 16.3. The van der Waals surface area contributed by atoms with Gasteiger partial charge in [-0.3, -0.25) is 9.36 Å². The maximum atomic E-state index is 13.3. The number of rotatable bonds is 6. The lowest BCUT2D eigenvalue weighted by atomic mass is 10.0. The first-order valence-electron chi connectivity index (χ1n) is 9.24. The quantitative estimate of drug-likeness (QED) is 0.505. The number of oxime groups is 1. The third-order valence-corrected chi connectivity index (χ3v) is 4.46. The lowest BCUT2D eigenvalue weighted by molar-refractivity contribution is 0.130. The average molecular weight is 376 g/mol. The molecule has 1 aromatic heterocycles. The third-order valence-electron chi connectivity index (χ3n) is 4.46. The summed E-state index contributed by atoms with van der Waals surface area (Å²) in [5.41, 5.74) is 2.60. The van der Waals surface area contributed by atoms with Crippen molar-refractivity contribution in [3.05, 3.63) is 93.9 Å². The molecule has 3 aromatic rings. The summed E-state index contributed by atoms with van der Waals surface area (Å²) in [6.07, 6.45) is 0. The van der Waals surface area contributed by atoms with Crippen LogP contribution in [0.2, 0.25) is 0 Å². The Morgan fingerprint density at radius 3 is 2.29 bits per heavy atom. The van der Waals surface area contributed by atoms with Gasteiger partial charge in [0.05, 0.1) is 5.71 Å². The highest BCUT2D eigenvalue weighted by Crippen LogP contribution is 2.24. The molecule has 0 radical (unpaired) electrons. The predicted molar refractivity (Wildman–Crippen MR) is 111 cm³/mol. The van der Waals surface area contributed by atoms with Crippen molar-refractivity contribution in [1.82, 2.24) is 4.57 Å². The molecule has 0 fully saturated rings. The van der Waals surface area contributed by atoms with Gasteiger partial charge in [0.25, 0.3) is 5.56 Å². The lowest BCUT2D eigenvalue weighted by Crippen LogP contribution is -2.28. The minimum atomic E-state index is -0.320. The van der Waals surface area contributed by atoms with Crippen molar-refractivity contribution >= 4 is 5.71 Å². The molecule has 144 valence electrons. The molecule has 0 aliphatic carbocycles. The van der Waals surface area contributed by atoms with Crippen LogP contribution >= 0.6 is 0 Å². The highest BCUT2D eigenvalue weighted by molar-refractivity contribution is 6.00. The Labute approximate surface area is 164 Å². The van der Waals surface area contributed by atoms with E-state index in [-0.39, 0.29) is 29.4 Å². The maximum Gasteiger partial charge on any atom is 0.268 e. The van der Waals surface area contributed by atoms with Crippen LogP contribution in [0.1, 0.15) is 43.5 Å². The van der Waals surface area contributed by atoms with E-state index in [0.717, 1.165) is 16.9 Å². The maximum absolute atomic E-state index is 13.3. The smallest absolute Gasteiger partial charge is 0.268 e. The molecule has 28 heavy (non-hydrogen) atoms. The van der Waals surface area contributed by atoms with Crippen LogP contribution in [-0.2, 0) is 11.4 Å². The Kier molecular flexibility index (Phi) is 5.94. The number of hydrogen-bond acceptors (Lipinski definition) is 4. The summed E-state index contributed by atoms with van der Waals surface area (Å²) in [6.45, 7) is 5.91. The molecule has 0 saturated heterocycles. The molecule has 5 nitrogen and oxygen atoms in total. The summed E-state index contributed by atoms with van der Waals surface area (Å²) in [5.74, 6) is -0.0372. The first-order chi connectivity index (χ1) is 13.5. The molecule has 0 saturated carbocycles. The van der Waals surface area contributed by atoms with Crippen molar-refractivity contribution in [1.29, 1.82) is 0 Å². The van der Waals surface area contributed by atoms with Crippen molar-refractivity contribution in [2.75, 3.05) is 0 Å². The van der Waals surface area contributed by atoms with Gasteiger partial charge >= 0.3 is 0 Å². The molecule has 0 aliphatic heterocycles. The van der Waals surface area contributed by atoms with Gasteiger partial charge in [0.2, 0.25) is 0 Å². The number of hydrogen-bond donors (Lipinski definition) is 1. The van der Waals surface area contributed by atoms with E-state index >= 15 is 0 Å². The number of nitrogens with zero attached hydrogens (tertiary/aromatic N) is 2. The van der Waals surface area contributed by atoms with Crippen molar-refractivity contribution in [3.8, 4) is 11.4 Å². The topological polar surface area (TPSA) is 63.8 Å². The van der Waals surface area contributed by atoms with E-state index < -0.39 is 0 Å². The van der Waals surface area contributed by atoms with Crippen LogP contribution in [0.25, 0.3) is 5.69 Å². The minimum absolute atomic E-state index is 0.0550. The van der Waals surface area contributed by atoms with Gasteiger partial charge < -0.3 is 9.94 Å². The fraction of sp³-hybridized carbons (Fsp3) is 0.217. The fourth-order valence-corrected chi connectivity index (χ4v) is 3.05. The van der Waals surface area contributed by atoms with Gasteiger partial charge in [-0.1, -0.05) is 67.5 Å². The molecule has 0 aliphatic rings. The Bertz CT molecular complexity index is 1020. The van der Waals surface area contributed by atoms with Gasteiger partial charge in [0.1, 0.15) is 17.9 Å². The summed E-state index contributed by atoms with van der Waals surface area (Å²) < 4.78 is 1.62. The van der Waals surface area contributed by atoms with Gasteiger partial charge in [-0.05, 0) is 30.5 Å². The van der Waals surface area contributed by atoms with E-state index in [9.17, 15) is 9.90 Å². The number of benzene rings is 2. The van der Waals surface area contributed by atoms with Gasteiger partial charge in [-0.2, -0.15) is 0 Å². The van der Waals surface area contributed by atoms with E-state index in [1.165, 1.54) is 0 Å². The first-order valence-corrected chi connectivity index (χ1v) is 9.24. The van der Waals surface area contributed by atoms with Crippen LogP contribution in [0.3, 0.4) is 0 Å². The van der Waals surface area contributed by atoms with Crippen LogP contribution in [0.15, 0.2) is 76.7 Å². The molecule has 1 N–H and O–H groups in total. The molecule has 0 spiro atoms. The molecule has 0 unspecified atom stereocenters. The first kappa shape index (κ1) is 19.4. The van der Waals surface area contributed by atoms with E-state index in [1.807, 2.05) is 74.5 Å². The minimum Gasteiger partial charge on any atom is -0.507 e. The molecule has 2 aromatic carbocycles. The van der Waals surface area contributed by atoms with Crippen LogP contribution in [0.4, 0.5) is 0 Å². The van der Waals surface area contributed by atoms with Crippen LogP contribution in [0, 0.1) is 0 Å². The number of pyridine rings is 1. The standard InChI is InChI=1S/C23H24N2O3/c1-16(2)20-14-21(26)22(23(27)25(20)19-12-8-5-9-13-19)17(3)24-28-15-18-10-6-4-7-11-18/h4-14,16,26H,15H2,1-3H3/b24-17+. The molecule has 0 atom stereocenters. The normalized spacial score (nSPS) is 11.6. The molecule has 3 rings (SSSR count).